The summed E-state index contributed by atoms with van der Waals surface area (Å²) in [6, 6.07) is 8.63. The molecule has 0 bridgehead atoms. The first kappa shape index (κ1) is 29.2. The molecule has 0 spiro atoms. The number of nitrogens with zero attached hydrogens (tertiary/aromatic N) is 7. The van der Waals surface area contributed by atoms with Crippen molar-refractivity contribution in [1.29, 1.82) is 0 Å². The first-order valence-corrected chi connectivity index (χ1v) is 12.5. The quantitative estimate of drug-likeness (QED) is 0.290. The van der Waals surface area contributed by atoms with Crippen LogP contribution in [0.4, 0.5) is 32.0 Å². The van der Waals surface area contributed by atoms with Crippen molar-refractivity contribution in [2.45, 2.75) is 38.0 Å². The largest absolute Gasteiger partial charge is 0.416 e. The lowest BCUT2D eigenvalue weighted by molar-refractivity contribution is -0.207. The van der Waals surface area contributed by atoms with Crippen molar-refractivity contribution in [3.05, 3.63) is 70.3 Å². The van der Waals surface area contributed by atoms with Crippen LogP contribution in [-0.4, -0.2) is 63.6 Å². The molecule has 1 aromatic carbocycles. The van der Waals surface area contributed by atoms with Crippen LogP contribution >= 0.6 is 11.6 Å². The van der Waals surface area contributed by atoms with Gasteiger partial charge >= 0.3 is 18.0 Å². The number of carbonyl (C=O) groups is 1. The molecule has 3 heterocycles. The molecule has 3 aromatic heterocycles. The molecule has 1 amide bonds. The first-order valence-electron chi connectivity index (χ1n) is 12.1. The lowest BCUT2D eigenvalue weighted by Crippen LogP contribution is -2.37. The van der Waals surface area contributed by atoms with Gasteiger partial charge < -0.3 is 10.4 Å². The zero-order chi connectivity index (χ0) is 30.4. The van der Waals surface area contributed by atoms with Crippen molar-refractivity contribution >= 4 is 23.2 Å². The standard InChI is InChI=1S/C24H19ClF6N8O3/c25-13-5-3-12(4-6-13)19-36-38(22(42)37(19)9-17(40)24(29,30)31)10-18-33-11-39(35-18)20-16(2-1-7-32-20)34-21(41)14-8-15(14)23(26,27)28/h1-7,11,14-15,17,40H,8-10H2,(H,34,41)/t14?,15?,17-/m0/s1. The Kier molecular flexibility index (Phi) is 7.57. The fourth-order valence-corrected chi connectivity index (χ4v) is 4.28. The van der Waals surface area contributed by atoms with Gasteiger partial charge in [-0.15, -0.1) is 10.2 Å². The van der Waals surface area contributed by atoms with Crippen LogP contribution in [0.5, 0.6) is 0 Å². The van der Waals surface area contributed by atoms with Crippen LogP contribution in [0.2, 0.25) is 5.02 Å². The monoisotopic (exact) mass is 616 g/mol. The Balaban J connectivity index is 1.40. The van der Waals surface area contributed by atoms with E-state index in [4.69, 9.17) is 11.6 Å². The van der Waals surface area contributed by atoms with Gasteiger partial charge in [0.25, 0.3) is 0 Å². The fourth-order valence-electron chi connectivity index (χ4n) is 4.15. The number of alkyl halides is 6. The van der Waals surface area contributed by atoms with E-state index >= 15 is 0 Å². The second kappa shape index (κ2) is 10.9. The van der Waals surface area contributed by atoms with Crippen molar-refractivity contribution in [2.24, 2.45) is 11.8 Å². The van der Waals surface area contributed by atoms with E-state index in [-0.39, 0.29) is 35.1 Å². The number of nitrogens with one attached hydrogen (secondary N) is 1. The van der Waals surface area contributed by atoms with Crippen LogP contribution in [0.25, 0.3) is 17.2 Å². The molecule has 0 saturated heterocycles. The van der Waals surface area contributed by atoms with Gasteiger partial charge in [-0.05, 0) is 42.8 Å². The van der Waals surface area contributed by atoms with E-state index < -0.39 is 55.0 Å². The highest BCUT2D eigenvalue weighted by Gasteiger charge is 2.58. The number of pyridine rings is 1. The molecule has 222 valence electrons. The second-order valence-corrected chi connectivity index (χ2v) is 9.83. The summed E-state index contributed by atoms with van der Waals surface area (Å²) in [6.45, 7) is -1.54. The highest BCUT2D eigenvalue weighted by Crippen LogP contribution is 2.50. The maximum absolute atomic E-state index is 13.1. The topological polar surface area (TPSA) is 133 Å². The Morgan fingerprint density at radius 3 is 2.45 bits per heavy atom. The van der Waals surface area contributed by atoms with E-state index in [0.717, 1.165) is 9.36 Å². The Morgan fingerprint density at radius 1 is 1.10 bits per heavy atom. The summed E-state index contributed by atoms with van der Waals surface area (Å²) in [5.74, 6) is -3.98. The number of aliphatic hydroxyl groups is 1. The van der Waals surface area contributed by atoms with E-state index in [1.807, 2.05) is 0 Å². The first-order chi connectivity index (χ1) is 19.7. The van der Waals surface area contributed by atoms with E-state index in [1.54, 1.807) is 0 Å². The van der Waals surface area contributed by atoms with Crippen molar-refractivity contribution in [3.63, 3.8) is 0 Å². The molecular weight excluding hydrogens is 598 g/mol. The molecule has 1 aliphatic rings. The zero-order valence-electron chi connectivity index (χ0n) is 21.0. The van der Waals surface area contributed by atoms with Crippen LogP contribution in [0.15, 0.2) is 53.7 Å². The second-order valence-electron chi connectivity index (χ2n) is 9.40. The van der Waals surface area contributed by atoms with E-state index in [1.165, 1.54) is 48.9 Å². The molecule has 1 saturated carbocycles. The third kappa shape index (κ3) is 6.15. The van der Waals surface area contributed by atoms with Gasteiger partial charge in [-0.25, -0.2) is 24.1 Å². The number of halogens is 7. The van der Waals surface area contributed by atoms with E-state index in [0.29, 0.717) is 9.59 Å². The van der Waals surface area contributed by atoms with Crippen LogP contribution < -0.4 is 11.0 Å². The van der Waals surface area contributed by atoms with Gasteiger partial charge in [-0.3, -0.25) is 9.36 Å². The maximum Gasteiger partial charge on any atom is 0.416 e. The number of anilines is 1. The number of rotatable bonds is 8. The Labute approximate surface area is 236 Å². The Bertz CT molecular complexity index is 1660. The highest BCUT2D eigenvalue weighted by atomic mass is 35.5. The van der Waals surface area contributed by atoms with Crippen LogP contribution in [0.3, 0.4) is 0 Å². The van der Waals surface area contributed by atoms with Gasteiger partial charge in [0.2, 0.25) is 5.91 Å². The van der Waals surface area contributed by atoms with Crippen molar-refractivity contribution in [2.75, 3.05) is 5.32 Å². The number of hydrogen-bond donors (Lipinski definition) is 2. The number of aliphatic hydroxyl groups excluding tert-OH is 1. The molecule has 1 fully saturated rings. The summed E-state index contributed by atoms with van der Waals surface area (Å²) in [5, 5.41) is 20.7. The molecular formula is C24H19ClF6N8O3. The lowest BCUT2D eigenvalue weighted by Gasteiger charge is -2.15. The summed E-state index contributed by atoms with van der Waals surface area (Å²) >= 11 is 5.89. The minimum Gasteiger partial charge on any atom is -0.382 e. The van der Waals surface area contributed by atoms with E-state index in [2.05, 4.69) is 25.5 Å². The predicted molar refractivity (Wildman–Crippen MR) is 134 cm³/mol. The number of aromatic nitrogens is 7. The predicted octanol–water partition coefficient (Wildman–Crippen LogP) is 3.45. The third-order valence-electron chi connectivity index (χ3n) is 6.40. The minimum absolute atomic E-state index is 0.0156. The van der Waals surface area contributed by atoms with Crippen LogP contribution in [-0.2, 0) is 17.9 Å². The maximum atomic E-state index is 13.1. The fraction of sp³-hybridized carbons (Fsp3) is 0.333. The smallest absolute Gasteiger partial charge is 0.382 e. The van der Waals surface area contributed by atoms with Gasteiger partial charge in [-0.2, -0.15) is 26.3 Å². The van der Waals surface area contributed by atoms with Crippen molar-refractivity contribution < 1.29 is 36.2 Å². The average molecular weight is 617 g/mol. The molecule has 42 heavy (non-hydrogen) atoms. The van der Waals surface area contributed by atoms with Gasteiger partial charge in [0.05, 0.1) is 24.1 Å². The number of hydrogen-bond acceptors (Lipinski definition) is 7. The summed E-state index contributed by atoms with van der Waals surface area (Å²) in [5.41, 5.74) is -0.686. The van der Waals surface area contributed by atoms with Gasteiger partial charge in [0.1, 0.15) is 12.9 Å². The summed E-state index contributed by atoms with van der Waals surface area (Å²) < 4.78 is 80.5. The van der Waals surface area contributed by atoms with Gasteiger partial charge in [0, 0.05) is 16.8 Å². The SMILES string of the molecule is O=C(Nc1cccnc1-n1cnc(Cn2nc(-c3ccc(Cl)cc3)n(C[C@H](O)C(F)(F)F)c2=O)n1)C1CC1C(F)(F)F. The molecule has 2 unspecified atom stereocenters. The third-order valence-corrected chi connectivity index (χ3v) is 6.65. The molecule has 18 heteroatoms. The van der Waals surface area contributed by atoms with Crippen LogP contribution in [0, 0.1) is 11.8 Å². The van der Waals surface area contributed by atoms with Crippen molar-refractivity contribution in [3.8, 4) is 17.2 Å². The molecule has 1 aliphatic carbocycles. The Hall–Kier alpha value is -4.25. The molecule has 5 rings (SSSR count). The summed E-state index contributed by atoms with van der Waals surface area (Å²) in [7, 11) is 0. The van der Waals surface area contributed by atoms with Crippen LogP contribution in [0.1, 0.15) is 12.2 Å². The van der Waals surface area contributed by atoms with Crippen molar-refractivity contribution in [1.82, 2.24) is 34.1 Å². The lowest BCUT2D eigenvalue weighted by atomic mass is 10.2. The summed E-state index contributed by atoms with van der Waals surface area (Å²) in [4.78, 5) is 33.6. The highest BCUT2D eigenvalue weighted by molar-refractivity contribution is 6.30. The minimum atomic E-state index is -5.00. The van der Waals surface area contributed by atoms with Gasteiger partial charge in [-0.1, -0.05) is 11.6 Å². The molecule has 11 nitrogen and oxygen atoms in total. The summed E-state index contributed by atoms with van der Waals surface area (Å²) in [6.07, 6.45) is -10.1. The normalized spacial score (nSPS) is 17.7. The zero-order valence-corrected chi connectivity index (χ0v) is 21.8. The number of benzene rings is 1. The molecule has 0 radical (unpaired) electrons. The Morgan fingerprint density at radius 2 is 1.81 bits per heavy atom. The molecule has 3 atom stereocenters. The number of carbonyl (C=O) groups excluding carboxylic acids is 1. The molecule has 2 N–H and O–H groups in total. The molecule has 4 aromatic rings. The number of amides is 1. The van der Waals surface area contributed by atoms with E-state index in [9.17, 15) is 41.0 Å². The average Bonchev–Trinajstić information content (AvgIpc) is 3.54. The molecule has 0 aliphatic heterocycles. The van der Waals surface area contributed by atoms with Gasteiger partial charge in [0.15, 0.2) is 23.6 Å².